The molecule has 0 radical (unpaired) electrons. The molecule has 3 rings (SSSR count). The van der Waals surface area contributed by atoms with E-state index in [4.69, 9.17) is 0 Å². The van der Waals surface area contributed by atoms with Crippen molar-refractivity contribution in [3.63, 3.8) is 0 Å². The lowest BCUT2D eigenvalue weighted by Gasteiger charge is -2.15. The summed E-state index contributed by atoms with van der Waals surface area (Å²) in [4.78, 5) is 4.35. The van der Waals surface area contributed by atoms with E-state index in [9.17, 15) is 9.65 Å². The first-order chi connectivity index (χ1) is 10.9. The van der Waals surface area contributed by atoms with Crippen LogP contribution in [0.5, 0.6) is 0 Å². The van der Waals surface area contributed by atoms with Crippen molar-refractivity contribution < 1.29 is 4.39 Å². The monoisotopic (exact) mass is 309 g/mol. The summed E-state index contributed by atoms with van der Waals surface area (Å²) >= 11 is 0. The van der Waals surface area contributed by atoms with Gasteiger partial charge in [0.25, 0.3) is 0 Å². The Hall–Kier alpha value is -2.81. The molecule has 0 aliphatic carbocycles. The van der Waals surface area contributed by atoms with E-state index in [-0.39, 0.29) is 5.82 Å². The van der Waals surface area contributed by atoms with E-state index in [1.165, 1.54) is 6.92 Å². The van der Waals surface area contributed by atoms with Gasteiger partial charge >= 0.3 is 0 Å². The number of nitriles is 1. The molecule has 1 atom stereocenters. The Balaban J connectivity index is 2.03. The number of fused-ring (bicyclic) bond motifs is 1. The first-order valence-corrected chi connectivity index (χ1v) is 7.29. The Morgan fingerprint density at radius 2 is 1.91 bits per heavy atom. The van der Waals surface area contributed by atoms with Crippen LogP contribution in [-0.4, -0.2) is 19.6 Å². The third-order valence-electron chi connectivity index (χ3n) is 3.86. The van der Waals surface area contributed by atoms with Gasteiger partial charge in [0.2, 0.25) is 0 Å². The molecule has 23 heavy (non-hydrogen) atoms. The Bertz CT molecular complexity index is 887. The second-order valence-electron chi connectivity index (χ2n) is 5.99. The summed E-state index contributed by atoms with van der Waals surface area (Å²) in [5, 5.41) is 17.0. The van der Waals surface area contributed by atoms with Gasteiger partial charge in [0.05, 0.1) is 23.4 Å². The van der Waals surface area contributed by atoms with E-state index in [0.29, 0.717) is 11.3 Å². The first kappa shape index (κ1) is 15.1. The van der Waals surface area contributed by atoms with Crippen molar-refractivity contribution in [1.82, 2.24) is 19.6 Å². The summed E-state index contributed by atoms with van der Waals surface area (Å²) < 4.78 is 15.2. The molecule has 1 unspecified atom stereocenters. The van der Waals surface area contributed by atoms with Crippen molar-refractivity contribution in [3.8, 4) is 17.3 Å². The highest BCUT2D eigenvalue weighted by atomic mass is 19.1. The van der Waals surface area contributed by atoms with Gasteiger partial charge in [0.1, 0.15) is 0 Å². The minimum atomic E-state index is -1.21. The number of benzene rings is 1. The molecule has 0 aliphatic heterocycles. The smallest absolute Gasteiger partial charge is 0.179 e. The van der Waals surface area contributed by atoms with Gasteiger partial charge in [0.15, 0.2) is 17.6 Å². The molecular weight excluding hydrogens is 293 g/mol. The van der Waals surface area contributed by atoms with Crippen molar-refractivity contribution in [2.45, 2.75) is 32.4 Å². The maximum absolute atomic E-state index is 13.6. The van der Waals surface area contributed by atoms with Gasteiger partial charge < -0.3 is 0 Å². The average molecular weight is 309 g/mol. The minimum absolute atomic E-state index is 0.255. The fourth-order valence-electron chi connectivity index (χ4n) is 2.36. The molecule has 116 valence electrons. The Morgan fingerprint density at radius 3 is 2.52 bits per heavy atom. The molecule has 0 amide bonds. The Morgan fingerprint density at radius 1 is 1.22 bits per heavy atom. The number of hydrogen-bond acceptors (Lipinski definition) is 4. The van der Waals surface area contributed by atoms with Gasteiger partial charge in [-0.3, -0.25) is 9.38 Å². The molecule has 0 spiro atoms. The predicted octanol–water partition coefficient (Wildman–Crippen LogP) is 3.62. The summed E-state index contributed by atoms with van der Waals surface area (Å²) in [6, 6.07) is 9.92. The average Bonchev–Trinajstić information content (AvgIpc) is 2.98. The van der Waals surface area contributed by atoms with Gasteiger partial charge in [-0.2, -0.15) is 5.26 Å². The van der Waals surface area contributed by atoms with Crippen LogP contribution in [0.4, 0.5) is 4.39 Å². The maximum atomic E-state index is 13.6. The lowest BCUT2D eigenvalue weighted by atomic mass is 9.86. The van der Waals surface area contributed by atoms with Crippen molar-refractivity contribution in [2.75, 3.05) is 0 Å². The predicted molar refractivity (Wildman–Crippen MR) is 84.4 cm³/mol. The van der Waals surface area contributed by atoms with E-state index < -0.39 is 11.6 Å². The highest BCUT2D eigenvalue weighted by Crippen LogP contribution is 2.26. The van der Waals surface area contributed by atoms with E-state index >= 15 is 0 Å². The minimum Gasteiger partial charge on any atom is -0.280 e. The lowest BCUT2D eigenvalue weighted by Crippen LogP contribution is -2.13. The highest BCUT2D eigenvalue weighted by Gasteiger charge is 2.19. The van der Waals surface area contributed by atoms with E-state index in [2.05, 4.69) is 21.3 Å². The normalized spacial score (nSPS) is 13.0. The van der Waals surface area contributed by atoms with E-state index in [0.717, 1.165) is 11.1 Å². The van der Waals surface area contributed by atoms with Gasteiger partial charge in [-0.25, -0.2) is 4.39 Å². The molecule has 5 nitrogen and oxygen atoms in total. The number of aromatic nitrogens is 4. The lowest BCUT2D eigenvalue weighted by molar-refractivity contribution is 0.354. The van der Waals surface area contributed by atoms with Crippen molar-refractivity contribution in [1.29, 1.82) is 5.26 Å². The molecule has 0 aliphatic rings. The Labute approximate surface area is 133 Å². The summed E-state index contributed by atoms with van der Waals surface area (Å²) in [7, 11) is 0. The van der Waals surface area contributed by atoms with Crippen molar-refractivity contribution in [2.24, 2.45) is 0 Å². The molecule has 0 saturated heterocycles. The van der Waals surface area contributed by atoms with Gasteiger partial charge in [-0.15, -0.1) is 10.2 Å². The highest BCUT2D eigenvalue weighted by molar-refractivity contribution is 5.60. The largest absolute Gasteiger partial charge is 0.280 e. The van der Waals surface area contributed by atoms with Crippen LogP contribution in [-0.2, 0) is 5.41 Å². The Kier molecular flexibility index (Phi) is 3.57. The molecule has 0 N–H and O–H groups in total. The molecule has 0 saturated carbocycles. The van der Waals surface area contributed by atoms with Crippen LogP contribution in [0.3, 0.4) is 0 Å². The fraction of sp³-hybridized carbons (Fsp3) is 0.294. The number of nitrogens with zero attached hydrogens (tertiary/aromatic N) is 5. The number of halogens is 1. The van der Waals surface area contributed by atoms with Gasteiger partial charge in [0, 0.05) is 11.8 Å². The molecular formula is C17H16FN5. The van der Waals surface area contributed by atoms with E-state index in [1.54, 1.807) is 16.8 Å². The van der Waals surface area contributed by atoms with Crippen molar-refractivity contribution >= 4 is 5.65 Å². The van der Waals surface area contributed by atoms with Crippen LogP contribution < -0.4 is 0 Å². The number of alkyl halides is 1. The molecule has 1 aromatic carbocycles. The van der Waals surface area contributed by atoms with Gasteiger partial charge in [-0.05, 0) is 26.3 Å². The third-order valence-corrected chi connectivity index (χ3v) is 3.86. The zero-order valence-electron chi connectivity index (χ0n) is 13.2. The SMILES string of the molecule is CC(F)c1nnc2cnc(-c3ccc(C(C)(C)C#N)cc3)cn12. The summed E-state index contributed by atoms with van der Waals surface area (Å²) in [5.74, 6) is 0.255. The third kappa shape index (κ3) is 2.66. The van der Waals surface area contributed by atoms with Crippen molar-refractivity contribution in [3.05, 3.63) is 48.0 Å². The molecule has 6 heteroatoms. The molecule has 2 aromatic heterocycles. The molecule has 0 fully saturated rings. The second-order valence-corrected chi connectivity index (χ2v) is 5.99. The second kappa shape index (κ2) is 5.43. The van der Waals surface area contributed by atoms with Crippen LogP contribution in [0.1, 0.15) is 38.3 Å². The standard InChI is InChI=1S/C17H16FN5/c1-11(18)16-22-21-15-8-20-14(9-23(15)16)12-4-6-13(7-5-12)17(2,3)10-19/h4-9,11H,1-3H3. The molecule has 2 heterocycles. The van der Waals surface area contributed by atoms with Crippen LogP contribution in [0.25, 0.3) is 16.9 Å². The van der Waals surface area contributed by atoms with E-state index in [1.807, 2.05) is 38.1 Å². The topological polar surface area (TPSA) is 66.9 Å². The summed E-state index contributed by atoms with van der Waals surface area (Å²) in [6.45, 7) is 5.17. The van der Waals surface area contributed by atoms with Crippen LogP contribution in [0.2, 0.25) is 0 Å². The number of hydrogen-bond donors (Lipinski definition) is 0. The fourth-order valence-corrected chi connectivity index (χ4v) is 2.36. The maximum Gasteiger partial charge on any atom is 0.179 e. The first-order valence-electron chi connectivity index (χ1n) is 7.29. The molecule has 0 bridgehead atoms. The van der Waals surface area contributed by atoms with Crippen LogP contribution >= 0.6 is 0 Å². The number of rotatable bonds is 3. The summed E-state index contributed by atoms with van der Waals surface area (Å²) in [6.07, 6.45) is 2.09. The summed E-state index contributed by atoms with van der Waals surface area (Å²) in [5.41, 5.74) is 2.49. The van der Waals surface area contributed by atoms with Gasteiger partial charge in [-0.1, -0.05) is 24.3 Å². The zero-order valence-corrected chi connectivity index (χ0v) is 13.2. The molecule has 3 aromatic rings. The van der Waals surface area contributed by atoms with Crippen LogP contribution in [0.15, 0.2) is 36.7 Å². The zero-order chi connectivity index (χ0) is 16.6. The quantitative estimate of drug-likeness (QED) is 0.741. The van der Waals surface area contributed by atoms with Crippen LogP contribution in [0, 0.1) is 11.3 Å².